The van der Waals surface area contributed by atoms with Gasteiger partial charge in [0.05, 0.1) is 17.7 Å². The fourth-order valence-corrected chi connectivity index (χ4v) is 5.73. The van der Waals surface area contributed by atoms with Gasteiger partial charge >= 0.3 is 12.1 Å². The van der Waals surface area contributed by atoms with Crippen LogP contribution in [0.25, 0.3) is 16.1 Å². The molecule has 37 heavy (non-hydrogen) atoms. The molecule has 0 amide bonds. The molecule has 0 radical (unpaired) electrons. The molecule has 0 bridgehead atoms. The van der Waals surface area contributed by atoms with E-state index in [1.54, 1.807) is 31.2 Å². The normalized spacial score (nSPS) is 15.1. The smallest absolute Gasteiger partial charge is 0.417 e. The van der Waals surface area contributed by atoms with Gasteiger partial charge in [-0.05, 0) is 49.6 Å². The second kappa shape index (κ2) is 8.84. The number of alkyl halides is 3. The molecule has 0 aliphatic carbocycles. The van der Waals surface area contributed by atoms with Crippen LogP contribution in [0.4, 0.5) is 13.2 Å². The molecule has 2 aromatic carbocycles. The average Bonchev–Trinajstić information content (AvgIpc) is 3.30. The van der Waals surface area contributed by atoms with Crippen LogP contribution in [0.5, 0.6) is 5.75 Å². The summed E-state index contributed by atoms with van der Waals surface area (Å²) in [7, 11) is 0. The lowest BCUT2D eigenvalue weighted by Gasteiger charge is -2.15. The molecule has 0 saturated heterocycles. The monoisotopic (exact) mass is 526 g/mol. The minimum atomic E-state index is -4.64. The molecule has 190 valence electrons. The van der Waals surface area contributed by atoms with Crippen molar-refractivity contribution in [3.63, 3.8) is 0 Å². The first-order chi connectivity index (χ1) is 17.5. The van der Waals surface area contributed by atoms with Gasteiger partial charge in [-0.15, -0.1) is 21.5 Å². The SMILES string of the molecule is Cc1sc2c(c1C)C(c1ccc(-c3ccc(O)cc3C(F)(F)F)cc1)=N[C@@H](CC(=O)O)c1nnc(C)n1-2. The van der Waals surface area contributed by atoms with E-state index in [0.29, 0.717) is 34.6 Å². The first kappa shape index (κ1) is 24.7. The number of phenols is 1. The van der Waals surface area contributed by atoms with Crippen molar-refractivity contribution in [2.24, 2.45) is 4.99 Å². The van der Waals surface area contributed by atoms with Gasteiger partial charge < -0.3 is 10.2 Å². The van der Waals surface area contributed by atoms with Crippen molar-refractivity contribution >= 4 is 23.0 Å². The first-order valence-electron chi connectivity index (χ1n) is 11.3. The van der Waals surface area contributed by atoms with Gasteiger partial charge in [0.2, 0.25) is 0 Å². The van der Waals surface area contributed by atoms with Crippen LogP contribution < -0.4 is 0 Å². The summed E-state index contributed by atoms with van der Waals surface area (Å²) >= 11 is 1.52. The molecule has 7 nitrogen and oxygen atoms in total. The lowest BCUT2D eigenvalue weighted by Crippen LogP contribution is -2.10. The summed E-state index contributed by atoms with van der Waals surface area (Å²) in [6.45, 7) is 5.72. The zero-order valence-corrected chi connectivity index (χ0v) is 20.8. The van der Waals surface area contributed by atoms with Crippen LogP contribution in [0, 0.1) is 20.8 Å². The van der Waals surface area contributed by atoms with Crippen molar-refractivity contribution in [1.29, 1.82) is 0 Å². The summed E-state index contributed by atoms with van der Waals surface area (Å²) in [6.07, 6.45) is -4.94. The number of fused-ring (bicyclic) bond motifs is 3. The molecule has 3 heterocycles. The number of aliphatic carboxylic acids is 1. The van der Waals surface area contributed by atoms with E-state index in [1.807, 2.05) is 18.4 Å². The summed E-state index contributed by atoms with van der Waals surface area (Å²) in [5.74, 6) is -0.483. The van der Waals surface area contributed by atoms with Crippen LogP contribution in [0.3, 0.4) is 0 Å². The fourth-order valence-electron chi connectivity index (χ4n) is 4.52. The number of carboxylic acid groups (broad SMARTS) is 1. The number of phenolic OH excluding ortho intramolecular Hbond substituents is 1. The fraction of sp³-hybridized carbons (Fsp3) is 0.231. The van der Waals surface area contributed by atoms with Crippen LogP contribution in [-0.2, 0) is 11.0 Å². The molecule has 0 spiro atoms. The molecule has 11 heteroatoms. The highest BCUT2D eigenvalue weighted by Crippen LogP contribution is 2.41. The number of hydrogen-bond acceptors (Lipinski definition) is 6. The van der Waals surface area contributed by atoms with E-state index in [0.717, 1.165) is 21.0 Å². The van der Waals surface area contributed by atoms with Crippen molar-refractivity contribution in [3.8, 4) is 21.9 Å². The molecule has 5 rings (SSSR count). The number of carboxylic acids is 1. The number of aromatic hydroxyl groups is 1. The zero-order valence-electron chi connectivity index (χ0n) is 20.0. The summed E-state index contributed by atoms with van der Waals surface area (Å²) < 4.78 is 42.7. The Bertz CT molecular complexity index is 1570. The molecule has 1 aliphatic heterocycles. The molecule has 2 N–H and O–H groups in total. The maximum atomic E-state index is 13.6. The van der Waals surface area contributed by atoms with Gasteiger partial charge in [0.15, 0.2) is 5.82 Å². The molecule has 2 aromatic heterocycles. The second-order valence-electron chi connectivity index (χ2n) is 8.80. The third kappa shape index (κ3) is 4.29. The maximum absolute atomic E-state index is 13.6. The minimum Gasteiger partial charge on any atom is -0.508 e. The number of benzene rings is 2. The Morgan fingerprint density at radius 2 is 1.73 bits per heavy atom. The number of aliphatic imine (C=N–C) groups is 1. The molecule has 0 fully saturated rings. The summed E-state index contributed by atoms with van der Waals surface area (Å²) in [4.78, 5) is 17.6. The number of thiophene rings is 1. The molecular weight excluding hydrogens is 505 g/mol. The average molecular weight is 527 g/mol. The van der Waals surface area contributed by atoms with Crippen LogP contribution in [0.1, 0.15) is 51.2 Å². The number of carbonyl (C=O) groups is 1. The topological polar surface area (TPSA) is 101 Å². The molecule has 1 atom stereocenters. The van der Waals surface area contributed by atoms with E-state index >= 15 is 0 Å². The number of nitrogens with zero attached hydrogens (tertiary/aromatic N) is 4. The van der Waals surface area contributed by atoms with E-state index in [1.165, 1.54) is 23.5 Å². The molecule has 0 saturated carbocycles. The highest BCUT2D eigenvalue weighted by molar-refractivity contribution is 7.15. The molecule has 4 aromatic rings. The van der Waals surface area contributed by atoms with E-state index in [4.69, 9.17) is 4.99 Å². The third-order valence-corrected chi connectivity index (χ3v) is 7.58. The standard InChI is InChI=1S/C26H21F3N4O3S/c1-12-13(2)37-25-22(12)23(30-20(11-21(35)36)24-32-31-14(3)33(24)25)16-6-4-15(5-7-16)18-9-8-17(34)10-19(18)26(27,28)29/h4-10,20,34H,11H2,1-3H3,(H,35,36)/t20-/m0/s1. The Kier molecular flexibility index (Phi) is 5.90. The number of halogens is 3. The van der Waals surface area contributed by atoms with Crippen molar-refractivity contribution in [2.45, 2.75) is 39.4 Å². The first-order valence-corrected chi connectivity index (χ1v) is 12.1. The van der Waals surface area contributed by atoms with Crippen molar-refractivity contribution in [1.82, 2.24) is 14.8 Å². The number of rotatable bonds is 4. The summed E-state index contributed by atoms with van der Waals surface area (Å²) in [6, 6.07) is 8.83. The Balaban J connectivity index is 1.67. The number of aryl methyl sites for hydroxylation is 2. The van der Waals surface area contributed by atoms with Crippen LogP contribution >= 0.6 is 11.3 Å². The van der Waals surface area contributed by atoms with Gasteiger partial charge in [0, 0.05) is 16.0 Å². The zero-order chi connectivity index (χ0) is 26.6. The van der Waals surface area contributed by atoms with E-state index in [-0.39, 0.29) is 12.0 Å². The highest BCUT2D eigenvalue weighted by Gasteiger charge is 2.35. The highest BCUT2D eigenvalue weighted by atomic mass is 32.1. The van der Waals surface area contributed by atoms with Gasteiger partial charge in [-0.3, -0.25) is 14.4 Å². The Labute approximate surface area is 213 Å². The quantitative estimate of drug-likeness (QED) is 0.339. The lowest BCUT2D eigenvalue weighted by molar-refractivity contribution is -0.138. The van der Waals surface area contributed by atoms with E-state index in [2.05, 4.69) is 10.2 Å². The van der Waals surface area contributed by atoms with E-state index in [9.17, 15) is 28.2 Å². The Hall–Kier alpha value is -3.99. The predicted octanol–water partition coefficient (Wildman–Crippen LogP) is 6.01. The molecule has 1 aliphatic rings. The Morgan fingerprint density at radius 3 is 2.38 bits per heavy atom. The maximum Gasteiger partial charge on any atom is 0.417 e. The van der Waals surface area contributed by atoms with Gasteiger partial charge in [-0.2, -0.15) is 13.2 Å². The summed E-state index contributed by atoms with van der Waals surface area (Å²) in [5.41, 5.74) is 2.27. The van der Waals surface area contributed by atoms with E-state index < -0.39 is 29.5 Å². The van der Waals surface area contributed by atoms with Crippen LogP contribution in [0.15, 0.2) is 47.5 Å². The largest absolute Gasteiger partial charge is 0.508 e. The third-order valence-electron chi connectivity index (χ3n) is 6.39. The minimum absolute atomic E-state index is 0.0616. The van der Waals surface area contributed by atoms with Crippen LogP contribution in [-0.4, -0.2) is 36.7 Å². The predicted molar refractivity (Wildman–Crippen MR) is 133 cm³/mol. The van der Waals surface area contributed by atoms with Crippen molar-refractivity contribution in [2.75, 3.05) is 0 Å². The van der Waals surface area contributed by atoms with Gasteiger partial charge in [0.1, 0.15) is 22.6 Å². The van der Waals surface area contributed by atoms with Gasteiger partial charge in [-0.25, -0.2) is 0 Å². The number of hydrogen-bond donors (Lipinski definition) is 2. The van der Waals surface area contributed by atoms with Gasteiger partial charge in [-0.1, -0.05) is 30.3 Å². The van der Waals surface area contributed by atoms with Crippen molar-refractivity contribution in [3.05, 3.63) is 81.2 Å². The molecular formula is C26H21F3N4O3S. The van der Waals surface area contributed by atoms with Crippen LogP contribution in [0.2, 0.25) is 0 Å². The lowest BCUT2D eigenvalue weighted by atomic mass is 9.95. The summed E-state index contributed by atoms with van der Waals surface area (Å²) in [5, 5.41) is 28.4. The van der Waals surface area contributed by atoms with Crippen molar-refractivity contribution < 1.29 is 28.2 Å². The second-order valence-corrected chi connectivity index (χ2v) is 10.0. The molecule has 0 unspecified atom stereocenters. The Morgan fingerprint density at radius 1 is 1.05 bits per heavy atom. The number of aromatic nitrogens is 3. The van der Waals surface area contributed by atoms with Gasteiger partial charge in [0.25, 0.3) is 0 Å².